The highest BCUT2D eigenvalue weighted by Crippen LogP contribution is 2.10. The molecule has 2 unspecified atom stereocenters. The van der Waals surface area contributed by atoms with Crippen molar-refractivity contribution >= 4 is 17.3 Å². The van der Waals surface area contributed by atoms with Crippen LogP contribution >= 0.6 is 12.2 Å². The third-order valence-electron chi connectivity index (χ3n) is 2.12. The summed E-state index contributed by atoms with van der Waals surface area (Å²) in [4.78, 5) is 2.19. The first-order valence-corrected chi connectivity index (χ1v) is 5.60. The number of hydrogen-bond acceptors (Lipinski definition) is 2. The molecule has 0 aromatic carbocycles. The fourth-order valence-electron chi connectivity index (χ4n) is 1.68. The molecule has 1 aliphatic heterocycles. The van der Waals surface area contributed by atoms with Crippen LogP contribution in [0.15, 0.2) is 0 Å². The third-order valence-corrected chi connectivity index (χ3v) is 2.50. The van der Waals surface area contributed by atoms with Crippen molar-refractivity contribution in [3.8, 4) is 0 Å². The van der Waals surface area contributed by atoms with Crippen LogP contribution in [0.1, 0.15) is 27.7 Å². The standard InChI is InChI=1S/C10H20N2OS/c1-7(2)11-10(14)12-5-8(3)13-9(4)6-12/h7-9H,5-6H2,1-4H3,(H,11,14). The summed E-state index contributed by atoms with van der Waals surface area (Å²) < 4.78 is 5.64. The van der Waals surface area contributed by atoms with E-state index in [9.17, 15) is 0 Å². The Morgan fingerprint density at radius 1 is 1.36 bits per heavy atom. The van der Waals surface area contributed by atoms with Gasteiger partial charge in [0.25, 0.3) is 0 Å². The van der Waals surface area contributed by atoms with Gasteiger partial charge in [0.1, 0.15) is 0 Å². The number of thiocarbonyl (C=S) groups is 1. The SMILES string of the molecule is CC(C)NC(=S)N1CC(C)OC(C)C1. The number of hydrogen-bond donors (Lipinski definition) is 1. The Morgan fingerprint density at radius 3 is 2.29 bits per heavy atom. The van der Waals surface area contributed by atoms with E-state index in [1.165, 1.54) is 0 Å². The van der Waals surface area contributed by atoms with Gasteiger partial charge in [-0.3, -0.25) is 0 Å². The van der Waals surface area contributed by atoms with Gasteiger partial charge in [0, 0.05) is 19.1 Å². The van der Waals surface area contributed by atoms with Crippen LogP contribution in [0.2, 0.25) is 0 Å². The number of ether oxygens (including phenoxy) is 1. The summed E-state index contributed by atoms with van der Waals surface area (Å²) in [6.45, 7) is 10.1. The zero-order valence-electron chi connectivity index (χ0n) is 9.41. The molecule has 1 heterocycles. The molecular weight excluding hydrogens is 196 g/mol. The van der Waals surface area contributed by atoms with Crippen molar-refractivity contribution in [2.45, 2.75) is 45.9 Å². The van der Waals surface area contributed by atoms with Crippen LogP contribution in [0.25, 0.3) is 0 Å². The predicted octanol–water partition coefficient (Wildman–Crippen LogP) is 1.38. The molecule has 0 bridgehead atoms. The molecule has 0 radical (unpaired) electrons. The quantitative estimate of drug-likeness (QED) is 0.669. The molecule has 1 saturated heterocycles. The van der Waals surface area contributed by atoms with Crippen molar-refractivity contribution in [2.24, 2.45) is 0 Å². The largest absolute Gasteiger partial charge is 0.372 e. The first-order valence-electron chi connectivity index (χ1n) is 5.20. The van der Waals surface area contributed by atoms with Crippen molar-refractivity contribution in [2.75, 3.05) is 13.1 Å². The number of nitrogens with one attached hydrogen (secondary N) is 1. The van der Waals surface area contributed by atoms with Gasteiger partial charge in [-0.05, 0) is 39.9 Å². The lowest BCUT2D eigenvalue weighted by Gasteiger charge is -2.37. The fraction of sp³-hybridized carbons (Fsp3) is 0.900. The van der Waals surface area contributed by atoms with E-state index in [0.717, 1.165) is 18.2 Å². The molecule has 0 aliphatic carbocycles. The molecule has 1 aliphatic rings. The summed E-state index contributed by atoms with van der Waals surface area (Å²) in [5.74, 6) is 0. The fourth-order valence-corrected chi connectivity index (χ4v) is 2.07. The van der Waals surface area contributed by atoms with Crippen molar-refractivity contribution in [3.63, 3.8) is 0 Å². The molecule has 0 spiro atoms. The number of nitrogens with zero attached hydrogens (tertiary/aromatic N) is 1. The van der Waals surface area contributed by atoms with Crippen LogP contribution in [-0.2, 0) is 4.74 Å². The van der Waals surface area contributed by atoms with Crippen molar-refractivity contribution in [1.82, 2.24) is 10.2 Å². The van der Waals surface area contributed by atoms with Crippen LogP contribution in [0, 0.1) is 0 Å². The van der Waals surface area contributed by atoms with Gasteiger partial charge in [-0.2, -0.15) is 0 Å². The maximum atomic E-state index is 5.64. The van der Waals surface area contributed by atoms with E-state index >= 15 is 0 Å². The summed E-state index contributed by atoms with van der Waals surface area (Å²) in [6, 6.07) is 0.399. The van der Waals surface area contributed by atoms with E-state index in [2.05, 4.69) is 37.9 Å². The van der Waals surface area contributed by atoms with Gasteiger partial charge in [-0.15, -0.1) is 0 Å². The molecule has 0 aromatic rings. The molecule has 4 heteroatoms. The molecule has 3 nitrogen and oxygen atoms in total. The molecule has 1 N–H and O–H groups in total. The van der Waals surface area contributed by atoms with E-state index in [1.54, 1.807) is 0 Å². The van der Waals surface area contributed by atoms with Crippen molar-refractivity contribution in [3.05, 3.63) is 0 Å². The second-order valence-electron chi connectivity index (χ2n) is 4.27. The van der Waals surface area contributed by atoms with Gasteiger partial charge in [0.2, 0.25) is 0 Å². The first kappa shape index (κ1) is 11.7. The van der Waals surface area contributed by atoms with Crippen LogP contribution < -0.4 is 5.32 Å². The highest BCUT2D eigenvalue weighted by Gasteiger charge is 2.23. The Labute approximate surface area is 91.8 Å². The molecule has 1 fully saturated rings. The third kappa shape index (κ3) is 3.42. The molecular formula is C10H20N2OS. The maximum Gasteiger partial charge on any atom is 0.169 e. The molecule has 1 rings (SSSR count). The zero-order chi connectivity index (χ0) is 10.7. The zero-order valence-corrected chi connectivity index (χ0v) is 10.2. The summed E-state index contributed by atoms with van der Waals surface area (Å²) in [6.07, 6.45) is 0.538. The van der Waals surface area contributed by atoms with Crippen LogP contribution in [0.3, 0.4) is 0 Å². The van der Waals surface area contributed by atoms with Gasteiger partial charge < -0.3 is 15.0 Å². The topological polar surface area (TPSA) is 24.5 Å². The Morgan fingerprint density at radius 2 is 1.86 bits per heavy atom. The lowest BCUT2D eigenvalue weighted by Crippen LogP contribution is -2.52. The Bertz CT molecular complexity index is 198. The van der Waals surface area contributed by atoms with Crippen LogP contribution in [0.4, 0.5) is 0 Å². The summed E-state index contributed by atoms with van der Waals surface area (Å²) >= 11 is 5.32. The van der Waals surface area contributed by atoms with E-state index in [1.807, 2.05) is 0 Å². The molecule has 2 atom stereocenters. The Balaban J connectivity index is 2.46. The second-order valence-corrected chi connectivity index (χ2v) is 4.65. The highest BCUT2D eigenvalue weighted by molar-refractivity contribution is 7.80. The Kier molecular flexibility index (Phi) is 4.13. The average molecular weight is 216 g/mol. The number of morpholine rings is 1. The lowest BCUT2D eigenvalue weighted by molar-refractivity contribution is -0.0482. The monoisotopic (exact) mass is 216 g/mol. The average Bonchev–Trinajstić information content (AvgIpc) is 2.00. The van der Waals surface area contributed by atoms with Gasteiger partial charge in [0.15, 0.2) is 5.11 Å². The minimum absolute atomic E-state index is 0.269. The minimum atomic E-state index is 0.269. The highest BCUT2D eigenvalue weighted by atomic mass is 32.1. The smallest absolute Gasteiger partial charge is 0.169 e. The van der Waals surface area contributed by atoms with Gasteiger partial charge >= 0.3 is 0 Å². The summed E-state index contributed by atoms with van der Waals surface area (Å²) in [7, 11) is 0. The van der Waals surface area contributed by atoms with E-state index < -0.39 is 0 Å². The lowest BCUT2D eigenvalue weighted by atomic mass is 10.2. The van der Waals surface area contributed by atoms with Crippen LogP contribution in [0.5, 0.6) is 0 Å². The molecule has 0 amide bonds. The van der Waals surface area contributed by atoms with Gasteiger partial charge in [-0.25, -0.2) is 0 Å². The summed E-state index contributed by atoms with van der Waals surface area (Å²) in [5, 5.41) is 4.10. The van der Waals surface area contributed by atoms with E-state index in [-0.39, 0.29) is 12.2 Å². The van der Waals surface area contributed by atoms with E-state index in [4.69, 9.17) is 17.0 Å². The number of rotatable bonds is 1. The van der Waals surface area contributed by atoms with Gasteiger partial charge in [-0.1, -0.05) is 0 Å². The maximum absolute atomic E-state index is 5.64. The molecule has 0 aromatic heterocycles. The van der Waals surface area contributed by atoms with Crippen molar-refractivity contribution in [1.29, 1.82) is 0 Å². The molecule has 14 heavy (non-hydrogen) atoms. The molecule has 82 valence electrons. The first-order chi connectivity index (χ1) is 6.49. The normalized spacial score (nSPS) is 27.9. The molecule has 0 saturated carbocycles. The van der Waals surface area contributed by atoms with Gasteiger partial charge in [0.05, 0.1) is 12.2 Å². The second kappa shape index (κ2) is 4.94. The minimum Gasteiger partial charge on any atom is -0.372 e. The van der Waals surface area contributed by atoms with Crippen molar-refractivity contribution < 1.29 is 4.74 Å². The predicted molar refractivity (Wildman–Crippen MR) is 62.5 cm³/mol. The van der Waals surface area contributed by atoms with E-state index in [0.29, 0.717) is 6.04 Å². The van der Waals surface area contributed by atoms with Crippen LogP contribution in [-0.4, -0.2) is 41.4 Å². The Hall–Kier alpha value is -0.350. The summed E-state index contributed by atoms with van der Waals surface area (Å²) in [5.41, 5.74) is 0.